The second kappa shape index (κ2) is 7.58. The molecule has 1 aliphatic carbocycles. The molecule has 0 saturated heterocycles. The molecule has 1 heterocycles. The fraction of sp³-hybridized carbons (Fsp3) is 0.389. The van der Waals surface area contributed by atoms with Crippen molar-refractivity contribution in [3.8, 4) is 0 Å². The molecule has 132 valence electrons. The molecule has 1 saturated carbocycles. The molecular weight excluding hydrogens is 363 g/mol. The minimum atomic E-state index is -0.677. The summed E-state index contributed by atoms with van der Waals surface area (Å²) in [6, 6.07) is 7.36. The van der Waals surface area contributed by atoms with Crippen molar-refractivity contribution in [1.82, 2.24) is 9.78 Å². The Morgan fingerprint density at radius 3 is 2.80 bits per heavy atom. The van der Waals surface area contributed by atoms with Gasteiger partial charge in [-0.05, 0) is 37.8 Å². The molecule has 0 aliphatic heterocycles. The van der Waals surface area contributed by atoms with E-state index in [1.54, 1.807) is 13.0 Å². The number of esters is 1. The molecule has 0 amide bonds. The smallest absolute Gasteiger partial charge is 0.343 e. The number of rotatable bonds is 4. The van der Waals surface area contributed by atoms with Crippen LogP contribution in [0, 0.1) is 6.92 Å². The first-order valence-corrected chi connectivity index (χ1v) is 8.93. The van der Waals surface area contributed by atoms with Crippen molar-refractivity contribution in [2.24, 2.45) is 0 Å². The first-order valence-electron chi connectivity index (χ1n) is 8.17. The van der Waals surface area contributed by atoms with Crippen LogP contribution in [-0.2, 0) is 16.1 Å². The normalized spacial score (nSPS) is 17.6. The Labute approximate surface area is 155 Å². The largest absolute Gasteiger partial charge is 0.451 e. The van der Waals surface area contributed by atoms with Gasteiger partial charge in [0.15, 0.2) is 11.9 Å². The second-order valence-corrected chi connectivity index (χ2v) is 6.87. The summed E-state index contributed by atoms with van der Waals surface area (Å²) >= 11 is 12.5. The highest BCUT2D eigenvalue weighted by atomic mass is 35.5. The standard InChI is InChI=1S/C18H18Cl2N2O3/c1-11-16(18(24)25-15-9-5-4-8-14(15)23)17(20)22(21-11)10-12-6-2-3-7-13(12)19/h2-3,6-7,15H,4-5,8-10H2,1H3/t15-/m1/s1. The molecule has 3 rings (SSSR count). The highest BCUT2D eigenvalue weighted by Gasteiger charge is 2.29. The van der Waals surface area contributed by atoms with Crippen LogP contribution >= 0.6 is 23.2 Å². The van der Waals surface area contributed by atoms with E-state index in [1.165, 1.54) is 4.68 Å². The summed E-state index contributed by atoms with van der Waals surface area (Å²) in [6.07, 6.45) is 2.07. The summed E-state index contributed by atoms with van der Waals surface area (Å²) < 4.78 is 6.90. The Hall–Kier alpha value is -1.85. The van der Waals surface area contributed by atoms with E-state index in [1.807, 2.05) is 18.2 Å². The third kappa shape index (κ3) is 3.88. The van der Waals surface area contributed by atoms with Crippen LogP contribution in [0.15, 0.2) is 24.3 Å². The van der Waals surface area contributed by atoms with Crippen LogP contribution < -0.4 is 0 Å². The molecule has 0 unspecified atom stereocenters. The molecule has 1 fully saturated rings. The maximum Gasteiger partial charge on any atom is 0.343 e. The van der Waals surface area contributed by atoms with Crippen molar-refractivity contribution in [2.75, 3.05) is 0 Å². The monoisotopic (exact) mass is 380 g/mol. The summed E-state index contributed by atoms with van der Waals surface area (Å²) in [7, 11) is 0. The van der Waals surface area contributed by atoms with Gasteiger partial charge in [-0.1, -0.05) is 41.4 Å². The Morgan fingerprint density at radius 2 is 2.08 bits per heavy atom. The van der Waals surface area contributed by atoms with E-state index in [0.717, 1.165) is 18.4 Å². The summed E-state index contributed by atoms with van der Waals surface area (Å²) in [6.45, 7) is 2.03. The Kier molecular flexibility index (Phi) is 5.45. The van der Waals surface area contributed by atoms with Gasteiger partial charge in [0.25, 0.3) is 0 Å². The van der Waals surface area contributed by atoms with Gasteiger partial charge in [0.2, 0.25) is 0 Å². The number of aromatic nitrogens is 2. The average molecular weight is 381 g/mol. The van der Waals surface area contributed by atoms with Crippen molar-refractivity contribution < 1.29 is 14.3 Å². The van der Waals surface area contributed by atoms with Gasteiger partial charge >= 0.3 is 5.97 Å². The van der Waals surface area contributed by atoms with Crippen molar-refractivity contribution in [1.29, 1.82) is 0 Å². The lowest BCUT2D eigenvalue weighted by atomic mass is 9.96. The number of hydrogen-bond acceptors (Lipinski definition) is 4. The SMILES string of the molecule is Cc1nn(Cc2ccccc2Cl)c(Cl)c1C(=O)O[C@@H]1CCCCC1=O. The van der Waals surface area contributed by atoms with Gasteiger partial charge in [-0.25, -0.2) is 9.48 Å². The lowest BCUT2D eigenvalue weighted by Gasteiger charge is -2.20. The lowest BCUT2D eigenvalue weighted by Crippen LogP contribution is -2.30. The zero-order chi connectivity index (χ0) is 18.0. The molecule has 0 spiro atoms. The molecule has 1 aromatic carbocycles. The summed E-state index contributed by atoms with van der Waals surface area (Å²) in [5.41, 5.74) is 1.51. The van der Waals surface area contributed by atoms with E-state index in [2.05, 4.69) is 5.10 Å². The zero-order valence-electron chi connectivity index (χ0n) is 13.8. The van der Waals surface area contributed by atoms with Crippen molar-refractivity contribution >= 4 is 35.0 Å². The van der Waals surface area contributed by atoms with E-state index < -0.39 is 12.1 Å². The van der Waals surface area contributed by atoms with Gasteiger partial charge in [0, 0.05) is 11.4 Å². The van der Waals surface area contributed by atoms with Crippen LogP contribution in [0.1, 0.15) is 47.3 Å². The van der Waals surface area contributed by atoms with Crippen LogP contribution in [-0.4, -0.2) is 27.6 Å². The predicted octanol–water partition coefficient (Wildman–Crippen LogP) is 4.22. The molecule has 0 N–H and O–H groups in total. The molecule has 1 atom stereocenters. The third-order valence-electron chi connectivity index (χ3n) is 4.30. The molecule has 1 aromatic heterocycles. The van der Waals surface area contributed by atoms with Crippen LogP contribution in [0.4, 0.5) is 0 Å². The number of benzene rings is 1. The predicted molar refractivity (Wildman–Crippen MR) is 95.2 cm³/mol. The molecule has 2 aromatic rings. The van der Waals surface area contributed by atoms with E-state index in [4.69, 9.17) is 27.9 Å². The summed E-state index contributed by atoms with van der Waals surface area (Å²) in [5.74, 6) is -0.634. The van der Waals surface area contributed by atoms with Gasteiger partial charge in [0.05, 0.1) is 12.2 Å². The quantitative estimate of drug-likeness (QED) is 0.745. The number of halogens is 2. The van der Waals surface area contributed by atoms with Gasteiger partial charge in [-0.15, -0.1) is 0 Å². The number of ketones is 1. The number of carbonyl (C=O) groups excluding carboxylic acids is 2. The van der Waals surface area contributed by atoms with Crippen molar-refractivity contribution in [3.63, 3.8) is 0 Å². The zero-order valence-corrected chi connectivity index (χ0v) is 15.3. The minimum absolute atomic E-state index is 0.0307. The first-order chi connectivity index (χ1) is 12.0. The number of carbonyl (C=O) groups is 2. The number of aryl methyl sites for hydroxylation is 1. The van der Waals surface area contributed by atoms with Crippen molar-refractivity contribution in [2.45, 2.75) is 45.3 Å². The highest BCUT2D eigenvalue weighted by molar-refractivity contribution is 6.33. The fourth-order valence-electron chi connectivity index (χ4n) is 2.94. The molecule has 5 nitrogen and oxygen atoms in total. The molecular formula is C18H18Cl2N2O3. The van der Waals surface area contributed by atoms with Crippen LogP contribution in [0.2, 0.25) is 10.2 Å². The topological polar surface area (TPSA) is 61.2 Å². The third-order valence-corrected chi connectivity index (χ3v) is 5.05. The Morgan fingerprint density at radius 1 is 1.32 bits per heavy atom. The molecule has 1 aliphatic rings. The van der Waals surface area contributed by atoms with Gasteiger partial charge in [0.1, 0.15) is 10.7 Å². The summed E-state index contributed by atoms with van der Waals surface area (Å²) in [4.78, 5) is 24.4. The van der Waals surface area contributed by atoms with Crippen LogP contribution in [0.25, 0.3) is 0 Å². The molecule has 25 heavy (non-hydrogen) atoms. The molecule has 7 heteroatoms. The Bertz CT molecular complexity index is 817. The minimum Gasteiger partial charge on any atom is -0.451 e. The van der Waals surface area contributed by atoms with E-state index in [-0.39, 0.29) is 16.5 Å². The van der Waals surface area contributed by atoms with Crippen LogP contribution in [0.3, 0.4) is 0 Å². The van der Waals surface area contributed by atoms with Gasteiger partial charge in [-0.3, -0.25) is 4.79 Å². The molecule has 0 radical (unpaired) electrons. The Balaban J connectivity index is 1.80. The van der Waals surface area contributed by atoms with Gasteiger partial charge < -0.3 is 4.74 Å². The first kappa shape index (κ1) is 18.0. The maximum atomic E-state index is 12.5. The average Bonchev–Trinajstić information content (AvgIpc) is 2.86. The number of hydrogen-bond donors (Lipinski definition) is 0. The number of Topliss-reactive ketones (excluding diaryl/α,β-unsaturated/α-hetero) is 1. The highest BCUT2D eigenvalue weighted by Crippen LogP contribution is 2.26. The number of ether oxygens (including phenoxy) is 1. The van der Waals surface area contributed by atoms with E-state index >= 15 is 0 Å². The van der Waals surface area contributed by atoms with Crippen LogP contribution in [0.5, 0.6) is 0 Å². The summed E-state index contributed by atoms with van der Waals surface area (Å²) in [5, 5.41) is 5.11. The molecule has 0 bridgehead atoms. The fourth-order valence-corrected chi connectivity index (χ4v) is 3.45. The number of nitrogens with zero attached hydrogens (tertiary/aromatic N) is 2. The van der Waals surface area contributed by atoms with E-state index in [9.17, 15) is 9.59 Å². The van der Waals surface area contributed by atoms with Crippen molar-refractivity contribution in [3.05, 3.63) is 51.3 Å². The van der Waals surface area contributed by atoms with Gasteiger partial charge in [-0.2, -0.15) is 5.10 Å². The maximum absolute atomic E-state index is 12.5. The lowest BCUT2D eigenvalue weighted by molar-refractivity contribution is -0.129. The second-order valence-electron chi connectivity index (χ2n) is 6.11. The van der Waals surface area contributed by atoms with E-state index in [0.29, 0.717) is 30.1 Å².